The first-order valence-electron chi connectivity index (χ1n) is 6.73. The van der Waals surface area contributed by atoms with Crippen molar-refractivity contribution >= 4 is 17.1 Å². The van der Waals surface area contributed by atoms with E-state index >= 15 is 0 Å². The van der Waals surface area contributed by atoms with Gasteiger partial charge in [0.25, 0.3) is 0 Å². The molecule has 98 valence electrons. The molecule has 1 aliphatic rings. The molecule has 0 aromatic heterocycles. The maximum atomic E-state index is 5.73. The Hall–Kier alpha value is -2.16. The molecule has 1 aliphatic heterocycles. The first kappa shape index (κ1) is 11.9. The molecular weight excluding hydrogens is 234 g/mol. The highest BCUT2D eigenvalue weighted by Crippen LogP contribution is 2.21. The van der Waals surface area contributed by atoms with Crippen molar-refractivity contribution in [3.63, 3.8) is 0 Å². The van der Waals surface area contributed by atoms with Gasteiger partial charge < -0.3 is 15.5 Å². The molecule has 0 bridgehead atoms. The number of hydrogen-bond donors (Lipinski definition) is 1. The molecule has 0 aliphatic carbocycles. The van der Waals surface area contributed by atoms with E-state index in [4.69, 9.17) is 5.73 Å². The average Bonchev–Trinajstić information content (AvgIpc) is 2.49. The monoisotopic (exact) mass is 253 g/mol. The van der Waals surface area contributed by atoms with Crippen molar-refractivity contribution in [1.29, 1.82) is 0 Å². The molecule has 1 fully saturated rings. The van der Waals surface area contributed by atoms with Crippen LogP contribution in [0.2, 0.25) is 0 Å². The second-order valence-electron chi connectivity index (χ2n) is 4.90. The number of nitrogens with zero attached hydrogens (tertiary/aromatic N) is 2. The van der Waals surface area contributed by atoms with Crippen LogP contribution in [0.4, 0.5) is 17.1 Å². The predicted octanol–water partition coefficient (Wildman–Crippen LogP) is 2.60. The molecule has 0 unspecified atom stereocenters. The van der Waals surface area contributed by atoms with Gasteiger partial charge in [-0.1, -0.05) is 18.2 Å². The third kappa shape index (κ3) is 2.65. The van der Waals surface area contributed by atoms with Crippen LogP contribution in [0, 0.1) is 0 Å². The molecule has 3 rings (SSSR count). The number of para-hydroxylation sites is 1. The Labute approximate surface area is 114 Å². The molecule has 0 saturated carbocycles. The smallest absolute Gasteiger partial charge is 0.0368 e. The normalized spacial score (nSPS) is 15.6. The van der Waals surface area contributed by atoms with Crippen LogP contribution in [-0.4, -0.2) is 26.2 Å². The minimum absolute atomic E-state index is 0.826. The molecule has 2 N–H and O–H groups in total. The molecule has 1 saturated heterocycles. The maximum Gasteiger partial charge on any atom is 0.0368 e. The van der Waals surface area contributed by atoms with Crippen LogP contribution in [0.25, 0.3) is 0 Å². The van der Waals surface area contributed by atoms with E-state index in [1.54, 1.807) is 0 Å². The van der Waals surface area contributed by atoms with Crippen LogP contribution in [0.3, 0.4) is 0 Å². The Kier molecular flexibility index (Phi) is 3.27. The molecule has 0 amide bonds. The first-order chi connectivity index (χ1) is 9.33. The van der Waals surface area contributed by atoms with Crippen molar-refractivity contribution in [1.82, 2.24) is 0 Å². The van der Waals surface area contributed by atoms with Crippen molar-refractivity contribution in [2.45, 2.75) is 0 Å². The molecule has 3 heteroatoms. The SMILES string of the molecule is Nc1ccc(N2CCN(c3ccccc3)CC2)cc1. The lowest BCUT2D eigenvalue weighted by Gasteiger charge is -2.37. The van der Waals surface area contributed by atoms with Crippen molar-refractivity contribution in [3.05, 3.63) is 54.6 Å². The average molecular weight is 253 g/mol. The van der Waals surface area contributed by atoms with Crippen molar-refractivity contribution in [3.8, 4) is 0 Å². The van der Waals surface area contributed by atoms with Gasteiger partial charge in [-0.3, -0.25) is 0 Å². The van der Waals surface area contributed by atoms with Crippen LogP contribution in [-0.2, 0) is 0 Å². The number of piperazine rings is 1. The van der Waals surface area contributed by atoms with E-state index in [0.717, 1.165) is 31.9 Å². The van der Waals surface area contributed by atoms with E-state index in [9.17, 15) is 0 Å². The topological polar surface area (TPSA) is 32.5 Å². The summed E-state index contributed by atoms with van der Waals surface area (Å²) in [6.45, 7) is 4.24. The molecular formula is C16H19N3. The summed E-state index contributed by atoms with van der Waals surface area (Å²) in [6.07, 6.45) is 0. The highest BCUT2D eigenvalue weighted by Gasteiger charge is 2.17. The zero-order valence-corrected chi connectivity index (χ0v) is 11.0. The number of nitrogens with two attached hydrogens (primary N) is 1. The number of hydrogen-bond acceptors (Lipinski definition) is 3. The molecule has 1 heterocycles. The molecule has 0 atom stereocenters. The van der Waals surface area contributed by atoms with Gasteiger partial charge in [0.05, 0.1) is 0 Å². The standard InChI is InChI=1S/C16H19N3/c17-14-6-8-16(9-7-14)19-12-10-18(11-13-19)15-4-2-1-3-5-15/h1-9H,10-13,17H2. The minimum Gasteiger partial charge on any atom is -0.399 e. The highest BCUT2D eigenvalue weighted by atomic mass is 15.3. The molecule has 2 aromatic rings. The van der Waals surface area contributed by atoms with Gasteiger partial charge >= 0.3 is 0 Å². The summed E-state index contributed by atoms with van der Waals surface area (Å²) >= 11 is 0. The lowest BCUT2D eigenvalue weighted by atomic mass is 10.2. The van der Waals surface area contributed by atoms with E-state index in [1.165, 1.54) is 11.4 Å². The Morgan fingerprint density at radius 1 is 0.632 bits per heavy atom. The fourth-order valence-corrected chi connectivity index (χ4v) is 2.55. The minimum atomic E-state index is 0.826. The first-order valence-corrected chi connectivity index (χ1v) is 6.73. The maximum absolute atomic E-state index is 5.73. The van der Waals surface area contributed by atoms with Gasteiger partial charge in [-0.15, -0.1) is 0 Å². The van der Waals surface area contributed by atoms with Gasteiger partial charge in [0.1, 0.15) is 0 Å². The Balaban J connectivity index is 1.65. The summed E-state index contributed by atoms with van der Waals surface area (Å²) in [4.78, 5) is 4.85. The predicted molar refractivity (Wildman–Crippen MR) is 81.7 cm³/mol. The summed E-state index contributed by atoms with van der Waals surface area (Å²) in [5, 5.41) is 0. The van der Waals surface area contributed by atoms with E-state index < -0.39 is 0 Å². The lowest BCUT2D eigenvalue weighted by molar-refractivity contribution is 0.653. The van der Waals surface area contributed by atoms with Crippen LogP contribution in [0.1, 0.15) is 0 Å². The van der Waals surface area contributed by atoms with Crippen LogP contribution >= 0.6 is 0 Å². The molecule has 2 aromatic carbocycles. The van der Waals surface area contributed by atoms with Crippen LogP contribution in [0.15, 0.2) is 54.6 Å². The second kappa shape index (κ2) is 5.22. The quantitative estimate of drug-likeness (QED) is 0.835. The van der Waals surface area contributed by atoms with Crippen molar-refractivity contribution < 1.29 is 0 Å². The van der Waals surface area contributed by atoms with E-state index in [1.807, 2.05) is 12.1 Å². The van der Waals surface area contributed by atoms with Gasteiger partial charge in [0.15, 0.2) is 0 Å². The van der Waals surface area contributed by atoms with E-state index in [2.05, 4.69) is 52.3 Å². The van der Waals surface area contributed by atoms with Gasteiger partial charge in [-0.25, -0.2) is 0 Å². The summed E-state index contributed by atoms with van der Waals surface area (Å²) in [7, 11) is 0. The van der Waals surface area contributed by atoms with Crippen molar-refractivity contribution in [2.24, 2.45) is 0 Å². The van der Waals surface area contributed by atoms with Crippen molar-refractivity contribution in [2.75, 3.05) is 41.7 Å². The Bertz CT molecular complexity index is 513. The van der Waals surface area contributed by atoms with Gasteiger partial charge in [-0.05, 0) is 36.4 Å². The van der Waals surface area contributed by atoms with Crippen LogP contribution < -0.4 is 15.5 Å². The fraction of sp³-hybridized carbons (Fsp3) is 0.250. The third-order valence-corrected chi connectivity index (χ3v) is 3.66. The highest BCUT2D eigenvalue weighted by molar-refractivity contribution is 5.55. The van der Waals surface area contributed by atoms with Crippen LogP contribution in [0.5, 0.6) is 0 Å². The van der Waals surface area contributed by atoms with Gasteiger partial charge in [-0.2, -0.15) is 0 Å². The largest absolute Gasteiger partial charge is 0.399 e. The zero-order chi connectivity index (χ0) is 13.1. The summed E-state index contributed by atoms with van der Waals surface area (Å²) in [6, 6.07) is 18.8. The summed E-state index contributed by atoms with van der Waals surface area (Å²) in [5.74, 6) is 0. The Morgan fingerprint density at radius 3 is 1.63 bits per heavy atom. The second-order valence-corrected chi connectivity index (χ2v) is 4.90. The number of rotatable bonds is 2. The molecule has 19 heavy (non-hydrogen) atoms. The fourth-order valence-electron chi connectivity index (χ4n) is 2.55. The number of benzene rings is 2. The molecule has 0 radical (unpaired) electrons. The number of anilines is 3. The van der Waals surface area contributed by atoms with E-state index in [0.29, 0.717) is 0 Å². The zero-order valence-electron chi connectivity index (χ0n) is 11.0. The summed E-state index contributed by atoms with van der Waals surface area (Å²) < 4.78 is 0. The van der Waals surface area contributed by atoms with Gasteiger partial charge in [0, 0.05) is 43.2 Å². The third-order valence-electron chi connectivity index (χ3n) is 3.66. The van der Waals surface area contributed by atoms with Gasteiger partial charge in [0.2, 0.25) is 0 Å². The Morgan fingerprint density at radius 2 is 1.11 bits per heavy atom. The molecule has 3 nitrogen and oxygen atoms in total. The summed E-state index contributed by atoms with van der Waals surface area (Å²) in [5.41, 5.74) is 9.14. The molecule has 0 spiro atoms. The number of nitrogen functional groups attached to an aromatic ring is 1. The lowest BCUT2D eigenvalue weighted by Crippen LogP contribution is -2.46. The van der Waals surface area contributed by atoms with E-state index in [-0.39, 0.29) is 0 Å².